The molecule has 0 saturated heterocycles. The van der Waals surface area contributed by atoms with E-state index >= 15 is 0 Å². The summed E-state index contributed by atoms with van der Waals surface area (Å²) in [7, 11) is 0. The van der Waals surface area contributed by atoms with Crippen LogP contribution in [0, 0.1) is 0 Å². The molecule has 0 atom stereocenters. The number of carbonyl (C=O) groups is 3. The number of imide groups is 1. The van der Waals surface area contributed by atoms with Crippen molar-refractivity contribution in [3.05, 3.63) is 62.6 Å². The van der Waals surface area contributed by atoms with Crippen molar-refractivity contribution in [2.24, 2.45) is 0 Å². The van der Waals surface area contributed by atoms with E-state index in [1.165, 1.54) is 12.1 Å². The van der Waals surface area contributed by atoms with Crippen LogP contribution in [-0.4, -0.2) is 29.2 Å². The van der Waals surface area contributed by atoms with E-state index in [9.17, 15) is 14.4 Å². The van der Waals surface area contributed by atoms with E-state index < -0.39 is 17.7 Å². The normalized spacial score (nSPS) is 13.2. The number of rotatable bonds is 4. The summed E-state index contributed by atoms with van der Waals surface area (Å²) in [4.78, 5) is 37.8. The summed E-state index contributed by atoms with van der Waals surface area (Å²) in [6.45, 7) is -0.0628. The molecule has 2 aromatic rings. The number of nitrogens with one attached hydrogen (secondary N) is 1. The molecule has 8 heteroatoms. The van der Waals surface area contributed by atoms with Crippen LogP contribution in [0.15, 0.2) is 36.4 Å². The molecule has 0 radical (unpaired) electrons. The highest BCUT2D eigenvalue weighted by atomic mass is 35.5. The van der Waals surface area contributed by atoms with E-state index in [1.807, 2.05) is 0 Å². The van der Waals surface area contributed by atoms with Gasteiger partial charge in [-0.05, 0) is 30.3 Å². The topological polar surface area (TPSA) is 66.5 Å². The summed E-state index contributed by atoms with van der Waals surface area (Å²) in [6.07, 6.45) is -0.0775. The third-order valence-corrected chi connectivity index (χ3v) is 4.59. The lowest BCUT2D eigenvalue weighted by molar-refractivity contribution is -0.116. The maximum Gasteiger partial charge on any atom is 0.263 e. The van der Waals surface area contributed by atoms with Crippen LogP contribution >= 0.6 is 34.8 Å². The van der Waals surface area contributed by atoms with Crippen molar-refractivity contribution in [3.63, 3.8) is 0 Å². The maximum absolute atomic E-state index is 12.3. The summed E-state index contributed by atoms with van der Waals surface area (Å²) in [5.74, 6) is -1.36. The van der Waals surface area contributed by atoms with Crippen LogP contribution in [-0.2, 0) is 4.79 Å². The van der Waals surface area contributed by atoms with E-state index in [-0.39, 0.29) is 29.1 Å². The maximum atomic E-state index is 12.3. The third-order valence-electron chi connectivity index (χ3n) is 3.71. The molecule has 0 saturated carbocycles. The number of benzene rings is 2. The number of carbonyl (C=O) groups excluding carboxylic acids is 3. The van der Waals surface area contributed by atoms with E-state index in [1.54, 1.807) is 24.3 Å². The van der Waals surface area contributed by atoms with Crippen LogP contribution in [0.3, 0.4) is 0 Å². The first-order valence-electron chi connectivity index (χ1n) is 7.28. The third kappa shape index (κ3) is 3.49. The molecule has 128 valence electrons. The molecule has 5 nitrogen and oxygen atoms in total. The summed E-state index contributed by atoms with van der Waals surface area (Å²) in [5.41, 5.74) is 0.785. The number of hydrogen-bond acceptors (Lipinski definition) is 3. The SMILES string of the molecule is O=C(CCN1C(=O)c2cccc(Cl)c2C1=O)Nc1cc(Cl)ccc1Cl. The molecule has 1 N–H and O–H groups in total. The lowest BCUT2D eigenvalue weighted by Crippen LogP contribution is -2.33. The fraction of sp³-hybridized carbons (Fsp3) is 0.118. The van der Waals surface area contributed by atoms with E-state index in [2.05, 4.69) is 5.32 Å². The Morgan fingerprint density at radius 1 is 1.00 bits per heavy atom. The van der Waals surface area contributed by atoms with Gasteiger partial charge in [-0.25, -0.2) is 0 Å². The van der Waals surface area contributed by atoms with Gasteiger partial charge in [0.15, 0.2) is 0 Å². The molecule has 0 fully saturated rings. The van der Waals surface area contributed by atoms with Crippen molar-refractivity contribution in [1.82, 2.24) is 4.90 Å². The first-order valence-corrected chi connectivity index (χ1v) is 8.41. The van der Waals surface area contributed by atoms with Gasteiger partial charge >= 0.3 is 0 Å². The minimum absolute atomic E-state index is 0.0628. The van der Waals surface area contributed by atoms with Gasteiger partial charge in [-0.1, -0.05) is 40.9 Å². The van der Waals surface area contributed by atoms with Crippen LogP contribution in [0.1, 0.15) is 27.1 Å². The predicted molar refractivity (Wildman–Crippen MR) is 96.5 cm³/mol. The van der Waals surface area contributed by atoms with Crippen molar-refractivity contribution >= 4 is 58.2 Å². The standard InChI is InChI=1S/C17H11Cl3N2O3/c18-9-4-5-11(19)13(8-9)21-14(23)6-7-22-16(24)10-2-1-3-12(20)15(10)17(22)25/h1-5,8H,6-7H2,(H,21,23). The summed E-state index contributed by atoms with van der Waals surface area (Å²) >= 11 is 17.8. The zero-order valence-corrected chi connectivity index (χ0v) is 15.0. The van der Waals surface area contributed by atoms with E-state index in [0.29, 0.717) is 15.7 Å². The Balaban J connectivity index is 1.67. The molecule has 2 aromatic carbocycles. The first kappa shape index (κ1) is 17.7. The minimum Gasteiger partial charge on any atom is -0.325 e. The van der Waals surface area contributed by atoms with Gasteiger partial charge in [0.05, 0.1) is 26.9 Å². The molecule has 0 aliphatic carbocycles. The Morgan fingerprint density at radius 3 is 2.48 bits per heavy atom. The zero-order chi connectivity index (χ0) is 18.1. The molecular formula is C17H11Cl3N2O3. The fourth-order valence-electron chi connectivity index (χ4n) is 2.51. The van der Waals surface area contributed by atoms with Crippen LogP contribution < -0.4 is 5.32 Å². The molecule has 1 heterocycles. The van der Waals surface area contributed by atoms with Gasteiger partial charge < -0.3 is 5.32 Å². The monoisotopic (exact) mass is 396 g/mol. The molecule has 3 rings (SSSR count). The van der Waals surface area contributed by atoms with E-state index in [4.69, 9.17) is 34.8 Å². The summed E-state index contributed by atoms with van der Waals surface area (Å²) < 4.78 is 0. The second kappa shape index (κ2) is 7.04. The van der Waals surface area contributed by atoms with Crippen molar-refractivity contribution in [3.8, 4) is 0 Å². The van der Waals surface area contributed by atoms with Gasteiger partial charge in [-0.3, -0.25) is 19.3 Å². The van der Waals surface area contributed by atoms with Gasteiger partial charge in [0.25, 0.3) is 11.8 Å². The molecule has 1 aliphatic heterocycles. The Bertz CT molecular complexity index is 899. The fourth-order valence-corrected chi connectivity index (χ4v) is 3.11. The number of nitrogens with zero attached hydrogens (tertiary/aromatic N) is 1. The molecule has 3 amide bonds. The highest BCUT2D eigenvalue weighted by Gasteiger charge is 2.37. The van der Waals surface area contributed by atoms with Crippen LogP contribution in [0.4, 0.5) is 5.69 Å². The largest absolute Gasteiger partial charge is 0.325 e. The number of amides is 3. The Kier molecular flexibility index (Phi) is 4.99. The van der Waals surface area contributed by atoms with Crippen molar-refractivity contribution in [1.29, 1.82) is 0 Å². The smallest absolute Gasteiger partial charge is 0.263 e. The Hall–Kier alpha value is -2.08. The Morgan fingerprint density at radius 2 is 1.76 bits per heavy atom. The predicted octanol–water partition coefficient (Wildman–Crippen LogP) is 4.27. The quantitative estimate of drug-likeness (QED) is 0.783. The second-order valence-electron chi connectivity index (χ2n) is 5.35. The highest BCUT2D eigenvalue weighted by Crippen LogP contribution is 2.29. The molecule has 0 bridgehead atoms. The Labute approximate surface area is 158 Å². The summed E-state index contributed by atoms with van der Waals surface area (Å²) in [6, 6.07) is 9.36. The molecule has 1 aliphatic rings. The second-order valence-corrected chi connectivity index (χ2v) is 6.60. The zero-order valence-electron chi connectivity index (χ0n) is 12.7. The molecule has 0 spiro atoms. The van der Waals surface area contributed by atoms with Crippen molar-refractivity contribution in [2.45, 2.75) is 6.42 Å². The number of hydrogen-bond donors (Lipinski definition) is 1. The van der Waals surface area contributed by atoms with Gasteiger partial charge in [-0.2, -0.15) is 0 Å². The number of halogens is 3. The van der Waals surface area contributed by atoms with Gasteiger partial charge in [-0.15, -0.1) is 0 Å². The van der Waals surface area contributed by atoms with Crippen molar-refractivity contribution in [2.75, 3.05) is 11.9 Å². The molecule has 25 heavy (non-hydrogen) atoms. The summed E-state index contributed by atoms with van der Waals surface area (Å²) in [5, 5.41) is 3.59. The lowest BCUT2D eigenvalue weighted by atomic mass is 10.1. The van der Waals surface area contributed by atoms with Crippen LogP contribution in [0.2, 0.25) is 15.1 Å². The van der Waals surface area contributed by atoms with Crippen molar-refractivity contribution < 1.29 is 14.4 Å². The first-order chi connectivity index (χ1) is 11.9. The highest BCUT2D eigenvalue weighted by molar-refractivity contribution is 6.37. The number of fused-ring (bicyclic) bond motifs is 1. The molecular weight excluding hydrogens is 387 g/mol. The number of anilines is 1. The minimum atomic E-state index is -0.501. The van der Waals surface area contributed by atoms with Crippen LogP contribution in [0.5, 0.6) is 0 Å². The molecule has 0 aromatic heterocycles. The van der Waals surface area contributed by atoms with E-state index in [0.717, 1.165) is 4.90 Å². The average molecular weight is 398 g/mol. The molecule has 0 unspecified atom stereocenters. The van der Waals surface area contributed by atoms with Crippen LogP contribution in [0.25, 0.3) is 0 Å². The lowest BCUT2D eigenvalue weighted by Gasteiger charge is -2.14. The van der Waals surface area contributed by atoms with Gasteiger partial charge in [0.1, 0.15) is 0 Å². The average Bonchev–Trinajstić information content (AvgIpc) is 2.81. The van der Waals surface area contributed by atoms with Gasteiger partial charge in [0.2, 0.25) is 5.91 Å². The van der Waals surface area contributed by atoms with Gasteiger partial charge in [0, 0.05) is 18.0 Å².